The van der Waals surface area contributed by atoms with Crippen LogP contribution in [0.2, 0.25) is 10.0 Å². The molecule has 0 saturated carbocycles. The molecule has 0 spiro atoms. The van der Waals surface area contributed by atoms with Crippen molar-refractivity contribution in [2.75, 3.05) is 0 Å². The molecule has 1 aliphatic carbocycles. The zero-order valence-corrected chi connectivity index (χ0v) is 24.8. The highest BCUT2D eigenvalue weighted by Gasteiger charge is 2.44. The molecule has 2 atom stereocenters. The molecule has 7 heteroatoms. The number of H-pyrrole nitrogens is 1. The molecule has 0 bridgehead atoms. The lowest BCUT2D eigenvalue weighted by molar-refractivity contribution is 0.188. The van der Waals surface area contributed by atoms with Crippen LogP contribution in [0.1, 0.15) is 95.0 Å². The summed E-state index contributed by atoms with van der Waals surface area (Å²) in [5.41, 5.74) is 3.69. The molecule has 1 unspecified atom stereocenters. The smallest absolute Gasteiger partial charge is 0.270 e. The van der Waals surface area contributed by atoms with Gasteiger partial charge in [0.25, 0.3) is 5.56 Å². The van der Waals surface area contributed by atoms with Crippen LogP contribution < -0.4 is 5.56 Å². The van der Waals surface area contributed by atoms with Crippen molar-refractivity contribution in [1.82, 2.24) is 15.0 Å². The van der Waals surface area contributed by atoms with Gasteiger partial charge in [-0.3, -0.25) is 14.8 Å². The van der Waals surface area contributed by atoms with Gasteiger partial charge in [-0.25, -0.2) is 0 Å². The summed E-state index contributed by atoms with van der Waals surface area (Å²) in [6, 6.07) is 9.80. The number of aryl methyl sites for hydroxylation is 1. The molecular formula is C30H39Cl2N3OS. The number of hydrogen-bond donors (Lipinski definition) is 1. The first-order valence-corrected chi connectivity index (χ1v) is 15.0. The Hall–Kier alpha value is -1.82. The summed E-state index contributed by atoms with van der Waals surface area (Å²) < 4.78 is 0. The summed E-state index contributed by atoms with van der Waals surface area (Å²) >= 11 is 13.3. The molecule has 1 N–H and O–H groups in total. The highest BCUT2D eigenvalue weighted by atomic mass is 35.5. The van der Waals surface area contributed by atoms with Crippen molar-refractivity contribution >= 4 is 35.0 Å². The Morgan fingerprint density at radius 1 is 1.03 bits per heavy atom. The monoisotopic (exact) mass is 559 g/mol. The third-order valence-corrected chi connectivity index (χ3v) is 9.24. The topological polar surface area (TPSA) is 58.6 Å². The van der Waals surface area contributed by atoms with E-state index < -0.39 is 0 Å². The van der Waals surface area contributed by atoms with Gasteiger partial charge in [0, 0.05) is 16.8 Å². The largest absolute Gasteiger partial charge is 0.314 e. The number of aromatic nitrogens is 3. The fourth-order valence-corrected chi connectivity index (χ4v) is 6.89. The van der Waals surface area contributed by atoms with E-state index >= 15 is 0 Å². The lowest BCUT2D eigenvalue weighted by Crippen LogP contribution is -2.26. The number of rotatable bonds is 10. The van der Waals surface area contributed by atoms with Gasteiger partial charge >= 0.3 is 0 Å². The van der Waals surface area contributed by atoms with Crippen LogP contribution in [0.25, 0.3) is 0 Å². The SMILES string of the molecule is CCCCCCC1(CCC)Cc2ncccc2[C@H]1CC.Cc1ncc(Sc2cccc(Cl)c2Cl)[nH]c1=O. The number of halogens is 2. The second-order valence-electron chi connectivity index (χ2n) is 9.92. The molecular weight excluding hydrogens is 521 g/mol. The number of nitrogens with one attached hydrogen (secondary N) is 1. The Kier molecular flexibility index (Phi) is 11.5. The number of benzene rings is 1. The van der Waals surface area contributed by atoms with Gasteiger partial charge < -0.3 is 4.98 Å². The van der Waals surface area contributed by atoms with Gasteiger partial charge in [0.05, 0.1) is 21.3 Å². The summed E-state index contributed by atoms with van der Waals surface area (Å²) in [5, 5.41) is 1.59. The van der Waals surface area contributed by atoms with Gasteiger partial charge in [-0.05, 0) is 67.7 Å². The lowest BCUT2D eigenvalue weighted by Gasteiger charge is -2.35. The van der Waals surface area contributed by atoms with Crippen LogP contribution in [-0.4, -0.2) is 15.0 Å². The normalized spacial score (nSPS) is 18.3. The molecule has 2 aromatic heterocycles. The van der Waals surface area contributed by atoms with Crippen LogP contribution in [-0.2, 0) is 6.42 Å². The Bertz CT molecular complexity index is 1220. The highest BCUT2D eigenvalue weighted by molar-refractivity contribution is 7.99. The third-order valence-electron chi connectivity index (χ3n) is 7.32. The van der Waals surface area contributed by atoms with E-state index in [0.29, 0.717) is 26.2 Å². The molecule has 0 fully saturated rings. The third kappa shape index (κ3) is 7.61. The van der Waals surface area contributed by atoms with E-state index in [1.165, 1.54) is 75.2 Å². The van der Waals surface area contributed by atoms with E-state index in [9.17, 15) is 4.79 Å². The minimum atomic E-state index is -0.201. The number of nitrogens with zero attached hydrogens (tertiary/aromatic N) is 2. The molecule has 0 amide bonds. The summed E-state index contributed by atoms with van der Waals surface area (Å²) in [5.74, 6) is 0.743. The molecule has 0 radical (unpaired) electrons. The number of hydrogen-bond acceptors (Lipinski definition) is 4. The molecule has 4 nitrogen and oxygen atoms in total. The zero-order chi connectivity index (χ0) is 26.8. The predicted molar refractivity (Wildman–Crippen MR) is 157 cm³/mol. The molecule has 200 valence electrons. The molecule has 37 heavy (non-hydrogen) atoms. The molecule has 0 saturated heterocycles. The maximum absolute atomic E-state index is 11.4. The Morgan fingerprint density at radius 2 is 1.84 bits per heavy atom. The molecule has 3 aromatic rings. The molecule has 0 aliphatic heterocycles. The maximum atomic E-state index is 11.4. The summed E-state index contributed by atoms with van der Waals surface area (Å²) in [6.45, 7) is 8.66. The van der Waals surface area contributed by atoms with E-state index in [1.54, 1.807) is 30.8 Å². The van der Waals surface area contributed by atoms with Gasteiger partial charge in [0.15, 0.2) is 0 Å². The molecule has 4 rings (SSSR count). The van der Waals surface area contributed by atoms with Crippen molar-refractivity contribution in [2.24, 2.45) is 5.41 Å². The first kappa shape index (κ1) is 29.7. The van der Waals surface area contributed by atoms with Crippen LogP contribution >= 0.6 is 35.0 Å². The lowest BCUT2D eigenvalue weighted by atomic mass is 9.68. The zero-order valence-electron chi connectivity index (χ0n) is 22.4. The van der Waals surface area contributed by atoms with Gasteiger partial charge in [-0.15, -0.1) is 0 Å². The minimum absolute atomic E-state index is 0.201. The van der Waals surface area contributed by atoms with E-state index in [4.69, 9.17) is 23.2 Å². The van der Waals surface area contributed by atoms with Crippen molar-refractivity contribution in [3.05, 3.63) is 80.1 Å². The number of aromatic amines is 1. The van der Waals surface area contributed by atoms with Crippen LogP contribution in [0.3, 0.4) is 0 Å². The van der Waals surface area contributed by atoms with E-state index in [0.717, 1.165) is 10.8 Å². The molecule has 2 heterocycles. The average Bonchev–Trinajstić information content (AvgIpc) is 3.20. The Morgan fingerprint density at radius 3 is 2.54 bits per heavy atom. The first-order chi connectivity index (χ1) is 17.8. The number of fused-ring (bicyclic) bond motifs is 1. The van der Waals surface area contributed by atoms with Crippen LogP contribution in [0.15, 0.2) is 57.4 Å². The summed E-state index contributed by atoms with van der Waals surface area (Å²) in [6.07, 6.45) is 15.7. The second kappa shape index (κ2) is 14.4. The Balaban J connectivity index is 0.000000208. The van der Waals surface area contributed by atoms with Gasteiger partial charge in [-0.2, -0.15) is 0 Å². The fraction of sp³-hybridized carbons (Fsp3) is 0.500. The first-order valence-electron chi connectivity index (χ1n) is 13.5. The summed E-state index contributed by atoms with van der Waals surface area (Å²) in [4.78, 5) is 23.5. The molecule has 1 aromatic carbocycles. The molecule has 1 aliphatic rings. The van der Waals surface area contributed by atoms with Crippen LogP contribution in [0, 0.1) is 12.3 Å². The van der Waals surface area contributed by atoms with Gasteiger partial charge in [0.1, 0.15) is 5.69 Å². The summed E-state index contributed by atoms with van der Waals surface area (Å²) in [7, 11) is 0. The quantitative estimate of drug-likeness (QED) is 0.251. The average molecular weight is 561 g/mol. The maximum Gasteiger partial charge on any atom is 0.270 e. The van der Waals surface area contributed by atoms with Crippen molar-refractivity contribution in [3.8, 4) is 0 Å². The minimum Gasteiger partial charge on any atom is -0.314 e. The van der Waals surface area contributed by atoms with Crippen LogP contribution in [0.4, 0.5) is 0 Å². The van der Waals surface area contributed by atoms with E-state index in [-0.39, 0.29) is 5.56 Å². The van der Waals surface area contributed by atoms with Crippen molar-refractivity contribution in [2.45, 2.75) is 101 Å². The van der Waals surface area contributed by atoms with Crippen LogP contribution in [0.5, 0.6) is 0 Å². The van der Waals surface area contributed by atoms with Crippen molar-refractivity contribution in [3.63, 3.8) is 0 Å². The van der Waals surface area contributed by atoms with E-state index in [2.05, 4.69) is 47.9 Å². The fourth-order valence-electron chi connectivity index (χ4n) is 5.59. The highest BCUT2D eigenvalue weighted by Crippen LogP contribution is 2.54. The standard InChI is InChI=1S/C19H31N.C11H8Cl2N2OS/c1-4-7-8-9-13-19(12-5-2)15-18-16(17(19)6-3)11-10-14-20-18;1-6-11(16)15-9(5-14-6)17-8-4-2-3-7(12)10(8)13/h10-11,14,17H,4-9,12-13,15H2,1-3H3;2-5H,1H3,(H,15,16)/t17-,19?;/m1./s1. The number of pyridine rings is 1. The van der Waals surface area contributed by atoms with Gasteiger partial charge in [0.2, 0.25) is 0 Å². The van der Waals surface area contributed by atoms with Crippen molar-refractivity contribution < 1.29 is 0 Å². The van der Waals surface area contributed by atoms with E-state index in [1.807, 2.05) is 12.3 Å². The van der Waals surface area contributed by atoms with Gasteiger partial charge in [-0.1, -0.05) is 100.0 Å². The second-order valence-corrected chi connectivity index (χ2v) is 11.8. The Labute approximate surface area is 236 Å². The number of unbranched alkanes of at least 4 members (excludes halogenated alkanes) is 3. The van der Waals surface area contributed by atoms with Crippen molar-refractivity contribution in [1.29, 1.82) is 0 Å². The predicted octanol–water partition coefficient (Wildman–Crippen LogP) is 9.42.